The molecule has 1 fully saturated rings. The fraction of sp³-hybridized carbons (Fsp3) is 0.667. The molecule has 1 unspecified atom stereocenters. The molecular formula is C18H29N. The first kappa shape index (κ1) is 14.6. The lowest BCUT2D eigenvalue weighted by Gasteiger charge is -2.22. The van der Waals surface area contributed by atoms with Crippen LogP contribution < -0.4 is 5.32 Å². The van der Waals surface area contributed by atoms with Crippen LogP contribution >= 0.6 is 0 Å². The quantitative estimate of drug-likeness (QED) is 0.798. The van der Waals surface area contributed by atoms with Gasteiger partial charge < -0.3 is 5.32 Å². The van der Waals surface area contributed by atoms with Gasteiger partial charge in [-0.25, -0.2) is 0 Å². The summed E-state index contributed by atoms with van der Waals surface area (Å²) in [5.74, 6) is 0.967. The molecule has 1 aromatic rings. The van der Waals surface area contributed by atoms with Crippen LogP contribution in [0.5, 0.6) is 0 Å². The minimum Gasteiger partial charge on any atom is -0.314 e. The molecule has 1 saturated carbocycles. The zero-order valence-electron chi connectivity index (χ0n) is 12.8. The summed E-state index contributed by atoms with van der Waals surface area (Å²) in [4.78, 5) is 0. The number of aryl methyl sites for hydroxylation is 2. The summed E-state index contributed by atoms with van der Waals surface area (Å²) in [5.41, 5.74) is 4.36. The van der Waals surface area contributed by atoms with Crippen molar-refractivity contribution in [2.24, 2.45) is 5.92 Å². The molecule has 1 N–H and O–H groups in total. The molecule has 0 aromatic heterocycles. The molecule has 2 rings (SSSR count). The van der Waals surface area contributed by atoms with Crippen molar-refractivity contribution in [2.75, 3.05) is 6.54 Å². The van der Waals surface area contributed by atoms with Crippen LogP contribution in [0, 0.1) is 19.8 Å². The Morgan fingerprint density at radius 3 is 2.63 bits per heavy atom. The van der Waals surface area contributed by atoms with E-state index in [2.05, 4.69) is 44.3 Å². The third-order valence-corrected chi connectivity index (χ3v) is 4.56. The Balaban J connectivity index is 2.00. The van der Waals surface area contributed by atoms with E-state index in [1.165, 1.54) is 55.2 Å². The smallest absolute Gasteiger partial charge is 0.0110 e. The zero-order valence-corrected chi connectivity index (χ0v) is 12.8. The topological polar surface area (TPSA) is 12.0 Å². The maximum absolute atomic E-state index is 3.70. The summed E-state index contributed by atoms with van der Waals surface area (Å²) in [5, 5.41) is 3.70. The summed E-state index contributed by atoms with van der Waals surface area (Å²) < 4.78 is 0. The van der Waals surface area contributed by atoms with E-state index in [1.54, 1.807) is 0 Å². The second-order valence-electron chi connectivity index (χ2n) is 6.27. The lowest BCUT2D eigenvalue weighted by atomic mass is 9.92. The van der Waals surface area contributed by atoms with Crippen molar-refractivity contribution >= 4 is 0 Å². The van der Waals surface area contributed by atoms with Crippen molar-refractivity contribution in [3.8, 4) is 0 Å². The van der Waals surface area contributed by atoms with Gasteiger partial charge >= 0.3 is 0 Å². The van der Waals surface area contributed by atoms with Gasteiger partial charge in [-0.15, -0.1) is 0 Å². The lowest BCUT2D eigenvalue weighted by molar-refractivity contribution is 0.390. The van der Waals surface area contributed by atoms with Gasteiger partial charge in [-0.05, 0) is 50.3 Å². The first-order chi connectivity index (χ1) is 9.19. The van der Waals surface area contributed by atoms with Gasteiger partial charge in [0.2, 0.25) is 0 Å². The Kier molecular flexibility index (Phi) is 5.45. The third kappa shape index (κ3) is 4.35. The van der Waals surface area contributed by atoms with E-state index in [1.807, 2.05) is 0 Å². The van der Waals surface area contributed by atoms with E-state index in [9.17, 15) is 0 Å². The molecule has 106 valence electrons. The Bertz CT molecular complexity index is 391. The van der Waals surface area contributed by atoms with Crippen LogP contribution in [0.4, 0.5) is 0 Å². The predicted molar refractivity (Wildman–Crippen MR) is 83.7 cm³/mol. The van der Waals surface area contributed by atoms with E-state index >= 15 is 0 Å². The van der Waals surface area contributed by atoms with Crippen molar-refractivity contribution < 1.29 is 0 Å². The first-order valence-electron chi connectivity index (χ1n) is 7.98. The molecule has 0 spiro atoms. The van der Waals surface area contributed by atoms with Gasteiger partial charge in [-0.1, -0.05) is 56.4 Å². The van der Waals surface area contributed by atoms with Crippen molar-refractivity contribution in [3.63, 3.8) is 0 Å². The maximum Gasteiger partial charge on any atom is 0.0110 e. The Morgan fingerprint density at radius 1 is 1.21 bits per heavy atom. The Hall–Kier alpha value is -0.820. The van der Waals surface area contributed by atoms with Gasteiger partial charge in [0.15, 0.2) is 0 Å². The Morgan fingerprint density at radius 2 is 1.95 bits per heavy atom. The maximum atomic E-state index is 3.70. The summed E-state index contributed by atoms with van der Waals surface area (Å²) in [6.45, 7) is 7.75. The standard InChI is InChI=1S/C18H29N/c1-4-19-18(12-16-7-5-6-8-16)13-17-11-14(2)9-10-15(17)3/h9-11,16,18-19H,4-8,12-13H2,1-3H3. The van der Waals surface area contributed by atoms with Crippen LogP contribution in [-0.4, -0.2) is 12.6 Å². The average molecular weight is 259 g/mol. The molecule has 0 radical (unpaired) electrons. The van der Waals surface area contributed by atoms with Crippen molar-refractivity contribution in [3.05, 3.63) is 34.9 Å². The van der Waals surface area contributed by atoms with Gasteiger partial charge in [0, 0.05) is 6.04 Å². The number of likely N-dealkylation sites (N-methyl/N-ethyl adjacent to an activating group) is 1. The fourth-order valence-corrected chi connectivity index (χ4v) is 3.46. The molecule has 0 aliphatic heterocycles. The van der Waals surface area contributed by atoms with E-state index in [-0.39, 0.29) is 0 Å². The van der Waals surface area contributed by atoms with Crippen LogP contribution in [0.2, 0.25) is 0 Å². The van der Waals surface area contributed by atoms with Gasteiger partial charge in [-0.2, -0.15) is 0 Å². The highest BCUT2D eigenvalue weighted by atomic mass is 14.9. The molecule has 0 amide bonds. The van der Waals surface area contributed by atoms with Crippen molar-refractivity contribution in [1.82, 2.24) is 5.32 Å². The third-order valence-electron chi connectivity index (χ3n) is 4.56. The minimum atomic E-state index is 0.661. The fourth-order valence-electron chi connectivity index (χ4n) is 3.46. The summed E-state index contributed by atoms with van der Waals surface area (Å²) in [6.07, 6.45) is 8.36. The monoisotopic (exact) mass is 259 g/mol. The largest absolute Gasteiger partial charge is 0.314 e. The van der Waals surface area contributed by atoms with Gasteiger partial charge in [0.1, 0.15) is 0 Å². The molecular weight excluding hydrogens is 230 g/mol. The molecule has 1 heteroatoms. The minimum absolute atomic E-state index is 0.661. The molecule has 1 aliphatic carbocycles. The number of hydrogen-bond acceptors (Lipinski definition) is 1. The summed E-state index contributed by atoms with van der Waals surface area (Å²) in [6, 6.07) is 7.52. The molecule has 1 aliphatic rings. The molecule has 0 saturated heterocycles. The Labute approximate surface area is 118 Å². The molecule has 1 nitrogen and oxygen atoms in total. The molecule has 0 bridgehead atoms. The average Bonchev–Trinajstić information content (AvgIpc) is 2.87. The van der Waals surface area contributed by atoms with Crippen LogP contribution in [0.15, 0.2) is 18.2 Å². The van der Waals surface area contributed by atoms with Crippen LogP contribution in [-0.2, 0) is 6.42 Å². The predicted octanol–water partition coefficient (Wildman–Crippen LogP) is 4.40. The number of rotatable bonds is 6. The van der Waals surface area contributed by atoms with Gasteiger partial charge in [0.05, 0.1) is 0 Å². The SMILES string of the molecule is CCNC(Cc1cc(C)ccc1C)CC1CCCC1. The van der Waals surface area contributed by atoms with E-state index < -0.39 is 0 Å². The lowest BCUT2D eigenvalue weighted by Crippen LogP contribution is -2.33. The highest BCUT2D eigenvalue weighted by Gasteiger charge is 2.20. The highest BCUT2D eigenvalue weighted by molar-refractivity contribution is 5.31. The van der Waals surface area contributed by atoms with E-state index in [4.69, 9.17) is 0 Å². The van der Waals surface area contributed by atoms with Crippen molar-refractivity contribution in [1.29, 1.82) is 0 Å². The van der Waals surface area contributed by atoms with Crippen molar-refractivity contribution in [2.45, 2.75) is 65.3 Å². The first-order valence-corrected chi connectivity index (χ1v) is 7.98. The number of hydrogen-bond donors (Lipinski definition) is 1. The molecule has 0 heterocycles. The second kappa shape index (κ2) is 7.09. The molecule has 1 atom stereocenters. The van der Waals surface area contributed by atoms with Crippen LogP contribution in [0.3, 0.4) is 0 Å². The van der Waals surface area contributed by atoms with E-state index in [0.717, 1.165) is 12.5 Å². The van der Waals surface area contributed by atoms with Crippen LogP contribution in [0.1, 0.15) is 55.7 Å². The highest BCUT2D eigenvalue weighted by Crippen LogP contribution is 2.29. The normalized spacial score (nSPS) is 17.8. The number of nitrogens with one attached hydrogen (secondary N) is 1. The second-order valence-corrected chi connectivity index (χ2v) is 6.27. The summed E-state index contributed by atoms with van der Waals surface area (Å²) >= 11 is 0. The summed E-state index contributed by atoms with van der Waals surface area (Å²) in [7, 11) is 0. The zero-order chi connectivity index (χ0) is 13.7. The van der Waals surface area contributed by atoms with E-state index in [0.29, 0.717) is 6.04 Å². The number of benzene rings is 1. The van der Waals surface area contributed by atoms with Gasteiger partial charge in [0.25, 0.3) is 0 Å². The van der Waals surface area contributed by atoms with Crippen LogP contribution in [0.25, 0.3) is 0 Å². The van der Waals surface area contributed by atoms with Gasteiger partial charge in [-0.3, -0.25) is 0 Å². The molecule has 19 heavy (non-hydrogen) atoms. The molecule has 1 aromatic carbocycles.